The number of halogens is 3. The molecule has 0 bridgehead atoms. The van der Waals surface area contributed by atoms with Crippen LogP contribution in [0.4, 0.5) is 13.2 Å². The summed E-state index contributed by atoms with van der Waals surface area (Å²) in [5.74, 6) is -2.63. The van der Waals surface area contributed by atoms with Gasteiger partial charge in [-0.15, -0.1) is 11.3 Å². The van der Waals surface area contributed by atoms with Gasteiger partial charge >= 0.3 is 6.18 Å². The van der Waals surface area contributed by atoms with Gasteiger partial charge in [0.05, 0.1) is 46.0 Å². The van der Waals surface area contributed by atoms with Gasteiger partial charge in [-0.3, -0.25) is 9.59 Å². The molecule has 5 rings (SSSR count). The molecule has 334 valence electrons. The van der Waals surface area contributed by atoms with Gasteiger partial charge in [0.15, 0.2) is 9.84 Å². The van der Waals surface area contributed by atoms with Crippen LogP contribution in [0.25, 0.3) is 21.3 Å². The largest absolute Gasteiger partial charge is 0.416 e. The maximum Gasteiger partial charge on any atom is 0.416 e. The summed E-state index contributed by atoms with van der Waals surface area (Å²) in [5, 5.41) is 17.7. The first-order chi connectivity index (χ1) is 28.7. The van der Waals surface area contributed by atoms with E-state index in [9.17, 15) is 44.7 Å². The number of primary sulfonamides is 1. The molecule has 3 aromatic carbocycles. The molecule has 17 heteroatoms. The first-order valence-electron chi connectivity index (χ1n) is 20.9. The van der Waals surface area contributed by atoms with E-state index in [0.29, 0.717) is 28.6 Å². The Balaban J connectivity index is 1.45. The molecule has 1 aliphatic heterocycles. The van der Waals surface area contributed by atoms with E-state index >= 15 is 0 Å². The fourth-order valence-electron chi connectivity index (χ4n) is 7.73. The maximum atomic E-state index is 14.9. The number of unbranched alkanes of at least 4 members (excludes halogenated alkanes) is 11. The molecule has 0 aliphatic carbocycles. The minimum Gasteiger partial charge on any atom is -0.386 e. The monoisotopic (exact) mass is 906 g/mol. The SMILES string of the molecule is CCCCCCCCCCCCCCC(C(=O)NCCS(N)(=O)=O)(c1nc2ccc(-c3ccc(C(=O)N4CC(C)(O)C4)cc3)cc2s1)S(=O)(=O)Cc1ccc(C(F)(F)F)cc1. The van der Waals surface area contributed by atoms with Gasteiger partial charge in [0.25, 0.3) is 5.91 Å². The molecule has 0 saturated carbocycles. The standard InChI is InChI=1S/C44H57F3N4O7S3/c1-3-4-5-6-7-8-9-10-11-12-13-14-25-43(40(53)49-26-27-61(48,57)58,60(55,56)29-32-15-22-36(23-16-32)44(45,46)47)41-50-37-24-21-35(28-38(37)59-41)33-17-19-34(20-18-33)39(52)51-30-42(2,54)31-51/h15-24,28,54H,3-14,25-27,29-31H2,1-2H3,(H,49,53)(H2,48,57,58). The van der Waals surface area contributed by atoms with Crippen molar-refractivity contribution in [2.24, 2.45) is 5.14 Å². The molecular weight excluding hydrogens is 850 g/mol. The number of hydrogen-bond donors (Lipinski definition) is 3. The van der Waals surface area contributed by atoms with Crippen molar-refractivity contribution < 1.29 is 44.7 Å². The highest BCUT2D eigenvalue weighted by molar-refractivity contribution is 7.92. The van der Waals surface area contributed by atoms with Crippen molar-refractivity contribution in [1.82, 2.24) is 15.2 Å². The van der Waals surface area contributed by atoms with Crippen LogP contribution in [0.5, 0.6) is 0 Å². The maximum absolute atomic E-state index is 14.9. The lowest BCUT2D eigenvalue weighted by atomic mass is 9.95. The normalized spacial score (nSPS) is 15.4. The highest BCUT2D eigenvalue weighted by Gasteiger charge is 2.54. The van der Waals surface area contributed by atoms with E-state index in [2.05, 4.69) is 12.2 Å². The lowest BCUT2D eigenvalue weighted by Crippen LogP contribution is -2.61. The number of fused-ring (bicyclic) bond motifs is 1. The van der Waals surface area contributed by atoms with Crippen LogP contribution in [0.1, 0.15) is 124 Å². The zero-order valence-electron chi connectivity index (χ0n) is 34.8. The van der Waals surface area contributed by atoms with E-state index in [0.717, 1.165) is 78.8 Å². The zero-order chi connectivity index (χ0) is 44.5. The summed E-state index contributed by atoms with van der Waals surface area (Å²) in [5.41, 5.74) is 0.514. The van der Waals surface area contributed by atoms with Crippen LogP contribution in [-0.2, 0) is 41.3 Å². The van der Waals surface area contributed by atoms with Gasteiger partial charge < -0.3 is 15.3 Å². The second-order valence-corrected chi connectivity index (χ2v) is 21.5. The van der Waals surface area contributed by atoms with Crippen LogP contribution in [0.15, 0.2) is 66.7 Å². The van der Waals surface area contributed by atoms with E-state index in [-0.39, 0.29) is 36.0 Å². The molecule has 1 saturated heterocycles. The van der Waals surface area contributed by atoms with Crippen molar-refractivity contribution in [3.05, 3.63) is 88.4 Å². The third-order valence-electron chi connectivity index (χ3n) is 11.1. The molecule has 1 fully saturated rings. The predicted molar refractivity (Wildman–Crippen MR) is 234 cm³/mol. The molecule has 4 N–H and O–H groups in total. The fraction of sp³-hybridized carbons (Fsp3) is 0.523. The van der Waals surface area contributed by atoms with Gasteiger partial charge in [0.1, 0.15) is 5.01 Å². The first-order valence-corrected chi connectivity index (χ1v) is 25.1. The Kier molecular flexibility index (Phi) is 16.2. The quantitative estimate of drug-likeness (QED) is 0.0621. The molecule has 1 atom stereocenters. The summed E-state index contributed by atoms with van der Waals surface area (Å²) >= 11 is 1.00. The molecule has 1 aliphatic rings. The summed E-state index contributed by atoms with van der Waals surface area (Å²) in [7, 11) is -8.67. The van der Waals surface area contributed by atoms with Gasteiger partial charge in [0, 0.05) is 12.1 Å². The number of aromatic nitrogens is 1. The third kappa shape index (κ3) is 12.8. The van der Waals surface area contributed by atoms with E-state index in [4.69, 9.17) is 10.1 Å². The number of sulfonamides is 1. The number of nitrogens with two attached hydrogens (primary N) is 1. The number of nitrogens with one attached hydrogen (secondary N) is 1. The number of hydrogen-bond acceptors (Lipinski definition) is 9. The molecule has 1 unspecified atom stereocenters. The molecule has 2 amide bonds. The number of carbonyl (C=O) groups excluding carboxylic acids is 2. The Morgan fingerprint density at radius 1 is 0.836 bits per heavy atom. The summed E-state index contributed by atoms with van der Waals surface area (Å²) in [4.78, 5) is 33.7. The van der Waals surface area contributed by atoms with Gasteiger partial charge in [0.2, 0.25) is 20.7 Å². The van der Waals surface area contributed by atoms with E-state index in [1.54, 1.807) is 54.3 Å². The van der Waals surface area contributed by atoms with Crippen molar-refractivity contribution >= 4 is 53.2 Å². The summed E-state index contributed by atoms with van der Waals surface area (Å²) in [6.45, 7) is 3.86. The van der Waals surface area contributed by atoms with Gasteiger partial charge in [-0.2, -0.15) is 13.2 Å². The Bertz CT molecular complexity index is 2330. The summed E-state index contributed by atoms with van der Waals surface area (Å²) in [6.07, 6.45) is 7.17. The highest BCUT2D eigenvalue weighted by atomic mass is 32.2. The molecule has 4 aromatic rings. The number of nitrogens with zero attached hydrogens (tertiary/aromatic N) is 2. The minimum absolute atomic E-state index is 0.0363. The Labute approximate surface area is 361 Å². The molecular formula is C44H57F3N4O7S3. The highest BCUT2D eigenvalue weighted by Crippen LogP contribution is 2.43. The van der Waals surface area contributed by atoms with Crippen LogP contribution >= 0.6 is 11.3 Å². The smallest absolute Gasteiger partial charge is 0.386 e. The summed E-state index contributed by atoms with van der Waals surface area (Å²) in [6, 6.07) is 15.9. The molecule has 1 aromatic heterocycles. The number of β-amino-alcohol motifs (C(OH)–C–C–N with tert-alkyl or cyclic N) is 1. The van der Waals surface area contributed by atoms with Crippen LogP contribution in [0.2, 0.25) is 0 Å². The fourth-order valence-corrected chi connectivity index (χ4v) is 11.7. The van der Waals surface area contributed by atoms with Crippen LogP contribution < -0.4 is 10.5 Å². The van der Waals surface area contributed by atoms with Crippen LogP contribution in [-0.4, -0.2) is 74.6 Å². The average molecular weight is 907 g/mol. The Hall–Kier alpha value is -3.90. The molecule has 2 heterocycles. The summed E-state index contributed by atoms with van der Waals surface area (Å²) < 4.78 is 92.0. The number of thiazole rings is 1. The zero-order valence-corrected chi connectivity index (χ0v) is 37.3. The van der Waals surface area contributed by atoms with Crippen molar-refractivity contribution in [2.45, 2.75) is 120 Å². The topological polar surface area (TPSA) is 177 Å². The van der Waals surface area contributed by atoms with Gasteiger partial charge in [-0.25, -0.2) is 27.0 Å². The predicted octanol–water partition coefficient (Wildman–Crippen LogP) is 8.50. The Morgan fingerprint density at radius 2 is 1.39 bits per heavy atom. The third-order valence-corrected chi connectivity index (χ3v) is 15.6. The van der Waals surface area contributed by atoms with Crippen molar-refractivity contribution in [2.75, 3.05) is 25.4 Å². The van der Waals surface area contributed by atoms with Gasteiger partial charge in [-0.05, 0) is 66.4 Å². The van der Waals surface area contributed by atoms with Gasteiger partial charge in [-0.1, -0.05) is 114 Å². The molecule has 0 radical (unpaired) electrons. The minimum atomic E-state index is -4.64. The van der Waals surface area contributed by atoms with Crippen molar-refractivity contribution in [3.63, 3.8) is 0 Å². The number of rotatable bonds is 23. The lowest BCUT2D eigenvalue weighted by molar-refractivity contribution is -0.137. The average Bonchev–Trinajstić information content (AvgIpc) is 3.61. The van der Waals surface area contributed by atoms with E-state index in [1.807, 2.05) is 0 Å². The number of amides is 2. The first kappa shape index (κ1) is 48.1. The molecule has 11 nitrogen and oxygen atoms in total. The lowest BCUT2D eigenvalue weighted by Gasteiger charge is -2.44. The number of sulfone groups is 1. The van der Waals surface area contributed by atoms with Crippen LogP contribution in [0, 0.1) is 0 Å². The van der Waals surface area contributed by atoms with E-state index < -0.39 is 65.9 Å². The Morgan fingerprint density at radius 3 is 1.93 bits per heavy atom. The number of carbonyl (C=O) groups is 2. The second-order valence-electron chi connectivity index (χ2n) is 16.5. The van der Waals surface area contributed by atoms with E-state index in [1.165, 1.54) is 32.1 Å². The van der Waals surface area contributed by atoms with Crippen LogP contribution in [0.3, 0.4) is 0 Å². The van der Waals surface area contributed by atoms with Crippen molar-refractivity contribution in [3.8, 4) is 11.1 Å². The number of likely N-dealkylation sites (tertiary alicyclic amines) is 1. The number of benzene rings is 3. The van der Waals surface area contributed by atoms with Crippen molar-refractivity contribution in [1.29, 1.82) is 0 Å². The number of aliphatic hydroxyl groups is 1. The molecule has 0 spiro atoms. The molecule has 61 heavy (non-hydrogen) atoms. The number of alkyl halides is 3. The second kappa shape index (κ2) is 20.5.